The fourth-order valence-corrected chi connectivity index (χ4v) is 3.02. The van der Waals surface area contributed by atoms with E-state index >= 15 is 0 Å². The summed E-state index contributed by atoms with van der Waals surface area (Å²) in [5, 5.41) is 2.74. The average Bonchev–Trinajstić information content (AvgIpc) is 2.71. The van der Waals surface area contributed by atoms with Gasteiger partial charge >= 0.3 is 0 Å². The van der Waals surface area contributed by atoms with E-state index in [-0.39, 0.29) is 18.2 Å². The number of ether oxygens (including phenoxy) is 3. The number of hydrogen-bond acceptors (Lipinski definition) is 6. The molecular weight excluding hydrogens is 376 g/mol. The van der Waals surface area contributed by atoms with Gasteiger partial charge in [-0.15, -0.1) is 0 Å². The Balaban J connectivity index is 1.86. The Hall–Kier alpha value is -3.55. The summed E-state index contributed by atoms with van der Waals surface area (Å²) in [6.45, 7) is 2.81. The molecule has 1 heterocycles. The minimum atomic E-state index is -0.742. The van der Waals surface area contributed by atoms with Crippen LogP contribution in [0.25, 0.3) is 0 Å². The summed E-state index contributed by atoms with van der Waals surface area (Å²) < 4.78 is 16.0. The van der Waals surface area contributed by atoms with Crippen LogP contribution in [-0.4, -0.2) is 44.5 Å². The highest BCUT2D eigenvalue weighted by molar-refractivity contribution is 6.07. The number of nitrogens with one attached hydrogen (secondary N) is 1. The molecule has 2 aromatic carbocycles. The van der Waals surface area contributed by atoms with Gasteiger partial charge < -0.3 is 19.5 Å². The number of amides is 2. The van der Waals surface area contributed by atoms with Crippen molar-refractivity contribution in [3.05, 3.63) is 42.0 Å². The summed E-state index contributed by atoms with van der Waals surface area (Å²) in [5.74, 6) is 0.523. The zero-order valence-corrected chi connectivity index (χ0v) is 16.6. The van der Waals surface area contributed by atoms with Gasteiger partial charge in [-0.2, -0.15) is 0 Å². The van der Waals surface area contributed by atoms with Gasteiger partial charge in [0.1, 0.15) is 23.8 Å². The van der Waals surface area contributed by atoms with Gasteiger partial charge in [-0.25, -0.2) is 0 Å². The quantitative estimate of drug-likeness (QED) is 0.752. The van der Waals surface area contributed by atoms with Crippen LogP contribution in [0.15, 0.2) is 36.4 Å². The molecule has 152 valence electrons. The lowest BCUT2D eigenvalue weighted by atomic mass is 10.1. The van der Waals surface area contributed by atoms with E-state index in [0.29, 0.717) is 34.2 Å². The zero-order valence-electron chi connectivity index (χ0n) is 16.6. The summed E-state index contributed by atoms with van der Waals surface area (Å²) in [4.78, 5) is 38.4. The van der Waals surface area contributed by atoms with Gasteiger partial charge in [-0.05, 0) is 44.2 Å². The molecule has 0 fully saturated rings. The van der Waals surface area contributed by atoms with E-state index in [2.05, 4.69) is 5.32 Å². The minimum Gasteiger partial charge on any atom is -0.497 e. The molecule has 0 bridgehead atoms. The van der Waals surface area contributed by atoms with Gasteiger partial charge in [-0.1, -0.05) is 0 Å². The first-order valence-electron chi connectivity index (χ1n) is 8.99. The molecule has 1 N–H and O–H groups in total. The van der Waals surface area contributed by atoms with Crippen molar-refractivity contribution < 1.29 is 28.6 Å². The maximum absolute atomic E-state index is 12.7. The Kier molecular flexibility index (Phi) is 5.72. The number of fused-ring (bicyclic) bond motifs is 1. The number of rotatable bonds is 6. The lowest BCUT2D eigenvalue weighted by molar-refractivity contribution is -0.127. The van der Waals surface area contributed by atoms with E-state index in [1.165, 1.54) is 26.0 Å². The lowest BCUT2D eigenvalue weighted by Crippen LogP contribution is -2.47. The zero-order chi connectivity index (χ0) is 21.1. The molecule has 2 aromatic rings. The van der Waals surface area contributed by atoms with Crippen LogP contribution in [0.5, 0.6) is 17.2 Å². The molecule has 29 heavy (non-hydrogen) atoms. The van der Waals surface area contributed by atoms with Crippen molar-refractivity contribution in [1.29, 1.82) is 0 Å². The second kappa shape index (κ2) is 8.22. The number of benzene rings is 2. The van der Waals surface area contributed by atoms with Crippen LogP contribution < -0.4 is 24.4 Å². The molecule has 0 saturated heterocycles. The number of nitrogens with zero attached hydrogens (tertiary/aromatic N) is 1. The number of Topliss-reactive ketones (excluding diaryl/α,β-unsaturated/α-hetero) is 1. The monoisotopic (exact) mass is 398 g/mol. The standard InChI is InChI=1S/C21H22N2O6/c1-12(24)14-5-8-18-17(9-14)23(21(26)13(2)29-18)11-20(25)22-16-7-6-15(27-3)10-19(16)28-4/h5-10,13H,11H2,1-4H3,(H,22,25). The summed E-state index contributed by atoms with van der Waals surface area (Å²) in [6, 6.07) is 9.81. The van der Waals surface area contributed by atoms with E-state index in [4.69, 9.17) is 14.2 Å². The van der Waals surface area contributed by atoms with Crippen molar-refractivity contribution in [3.63, 3.8) is 0 Å². The van der Waals surface area contributed by atoms with Crippen LogP contribution in [0, 0.1) is 0 Å². The van der Waals surface area contributed by atoms with Crippen LogP contribution in [0.1, 0.15) is 24.2 Å². The molecule has 0 radical (unpaired) electrons. The second-order valence-corrected chi connectivity index (χ2v) is 6.54. The van der Waals surface area contributed by atoms with E-state index in [1.807, 2.05) is 0 Å². The summed E-state index contributed by atoms with van der Waals surface area (Å²) in [7, 11) is 3.02. The van der Waals surface area contributed by atoms with Crippen molar-refractivity contribution >= 4 is 29.0 Å². The van der Waals surface area contributed by atoms with Gasteiger partial charge in [0.05, 0.1) is 25.6 Å². The van der Waals surface area contributed by atoms with Crippen LogP contribution in [0.2, 0.25) is 0 Å². The third-order valence-corrected chi connectivity index (χ3v) is 4.56. The molecule has 0 aliphatic carbocycles. The highest BCUT2D eigenvalue weighted by Gasteiger charge is 2.33. The number of ketones is 1. The maximum atomic E-state index is 12.7. The average molecular weight is 398 g/mol. The maximum Gasteiger partial charge on any atom is 0.268 e. The van der Waals surface area contributed by atoms with Gasteiger partial charge in [0.15, 0.2) is 11.9 Å². The van der Waals surface area contributed by atoms with E-state index < -0.39 is 12.0 Å². The van der Waals surface area contributed by atoms with Gasteiger partial charge in [-0.3, -0.25) is 19.3 Å². The lowest BCUT2D eigenvalue weighted by Gasteiger charge is -2.32. The number of carbonyl (C=O) groups is 3. The van der Waals surface area contributed by atoms with Crippen molar-refractivity contribution in [2.45, 2.75) is 20.0 Å². The van der Waals surface area contributed by atoms with Crippen LogP contribution >= 0.6 is 0 Å². The molecule has 0 saturated carbocycles. The smallest absolute Gasteiger partial charge is 0.268 e. The Labute approximate surface area is 168 Å². The topological polar surface area (TPSA) is 94.2 Å². The second-order valence-electron chi connectivity index (χ2n) is 6.54. The Morgan fingerprint density at radius 1 is 1.14 bits per heavy atom. The summed E-state index contributed by atoms with van der Waals surface area (Å²) in [5.41, 5.74) is 1.26. The molecule has 1 aliphatic rings. The van der Waals surface area contributed by atoms with E-state index in [9.17, 15) is 14.4 Å². The van der Waals surface area contributed by atoms with Gasteiger partial charge in [0.2, 0.25) is 5.91 Å². The molecule has 0 aromatic heterocycles. The molecule has 1 unspecified atom stereocenters. The van der Waals surface area contributed by atoms with Crippen molar-refractivity contribution in [2.24, 2.45) is 0 Å². The Morgan fingerprint density at radius 3 is 2.55 bits per heavy atom. The highest BCUT2D eigenvalue weighted by atomic mass is 16.5. The first kappa shape index (κ1) is 20.2. The Bertz CT molecular complexity index is 972. The molecule has 3 rings (SSSR count). The van der Waals surface area contributed by atoms with E-state index in [1.54, 1.807) is 43.3 Å². The van der Waals surface area contributed by atoms with Crippen molar-refractivity contribution in [3.8, 4) is 17.2 Å². The Morgan fingerprint density at radius 2 is 1.90 bits per heavy atom. The molecule has 8 heteroatoms. The predicted molar refractivity (Wildman–Crippen MR) is 107 cm³/mol. The predicted octanol–water partition coefficient (Wildman–Crippen LogP) is 2.66. The number of anilines is 2. The van der Waals surface area contributed by atoms with Crippen LogP contribution in [-0.2, 0) is 9.59 Å². The molecule has 8 nitrogen and oxygen atoms in total. The van der Waals surface area contributed by atoms with Crippen molar-refractivity contribution in [1.82, 2.24) is 0 Å². The normalized spacial score (nSPS) is 15.2. The minimum absolute atomic E-state index is 0.147. The first-order chi connectivity index (χ1) is 13.8. The highest BCUT2D eigenvalue weighted by Crippen LogP contribution is 2.35. The fraction of sp³-hybridized carbons (Fsp3) is 0.286. The van der Waals surface area contributed by atoms with Gasteiger partial charge in [0.25, 0.3) is 5.91 Å². The first-order valence-corrected chi connectivity index (χ1v) is 8.99. The van der Waals surface area contributed by atoms with Gasteiger partial charge in [0, 0.05) is 11.6 Å². The summed E-state index contributed by atoms with van der Waals surface area (Å²) in [6.07, 6.45) is -0.742. The fourth-order valence-electron chi connectivity index (χ4n) is 3.02. The molecular formula is C21H22N2O6. The molecule has 1 aliphatic heterocycles. The largest absolute Gasteiger partial charge is 0.497 e. The summed E-state index contributed by atoms with van der Waals surface area (Å²) >= 11 is 0. The number of carbonyl (C=O) groups excluding carboxylic acids is 3. The number of methoxy groups -OCH3 is 2. The van der Waals surface area contributed by atoms with Crippen molar-refractivity contribution in [2.75, 3.05) is 31.0 Å². The molecule has 1 atom stereocenters. The third-order valence-electron chi connectivity index (χ3n) is 4.56. The molecule has 0 spiro atoms. The third kappa shape index (κ3) is 4.16. The van der Waals surface area contributed by atoms with E-state index in [0.717, 1.165) is 0 Å². The van der Waals surface area contributed by atoms with Crippen LogP contribution in [0.3, 0.4) is 0 Å². The van der Waals surface area contributed by atoms with Crippen LogP contribution in [0.4, 0.5) is 11.4 Å². The SMILES string of the molecule is COc1ccc(NC(=O)CN2C(=O)C(C)Oc3ccc(C(C)=O)cc32)c(OC)c1. The molecule has 2 amide bonds. The number of hydrogen-bond donors (Lipinski definition) is 1.